The number of aromatic nitrogens is 1. The second-order valence-electron chi connectivity index (χ2n) is 8.39. The number of hydrogen-bond donors (Lipinski definition) is 2. The SMILES string of the molecule is Cc1ccc(-c2nc3cc(NC(=S)NC(=O)c4ccc(OCc5ccccc5)cc4)ccc3o2)c(Cl)c1. The third-order valence-corrected chi connectivity index (χ3v) is 6.11. The lowest BCUT2D eigenvalue weighted by Gasteiger charge is -2.10. The minimum atomic E-state index is -0.328. The minimum absolute atomic E-state index is 0.166. The van der Waals surface area contributed by atoms with Crippen LogP contribution in [-0.2, 0) is 6.61 Å². The van der Waals surface area contributed by atoms with Gasteiger partial charge in [-0.1, -0.05) is 48.0 Å². The first-order chi connectivity index (χ1) is 17.9. The molecule has 0 saturated carbocycles. The van der Waals surface area contributed by atoms with E-state index in [4.69, 9.17) is 33.0 Å². The van der Waals surface area contributed by atoms with Gasteiger partial charge in [-0.15, -0.1) is 0 Å². The molecule has 0 aliphatic rings. The van der Waals surface area contributed by atoms with E-state index in [1.54, 1.807) is 42.5 Å². The standard InChI is InChI=1S/C29H22ClN3O3S/c1-18-7-13-23(24(30)15-18)28-32-25-16-21(10-14-26(25)36-28)31-29(37)33-27(34)20-8-11-22(12-9-20)35-17-19-5-3-2-4-6-19/h2-16H,17H2,1H3,(H2,31,33,34,37). The highest BCUT2D eigenvalue weighted by atomic mass is 35.5. The molecule has 0 radical (unpaired) electrons. The Kier molecular flexibility index (Phi) is 7.16. The van der Waals surface area contributed by atoms with Gasteiger partial charge in [0.2, 0.25) is 5.89 Å². The number of carbonyl (C=O) groups excluding carboxylic acids is 1. The van der Waals surface area contributed by atoms with Crippen molar-refractivity contribution in [2.24, 2.45) is 0 Å². The highest BCUT2D eigenvalue weighted by Gasteiger charge is 2.13. The number of aryl methyl sites for hydroxylation is 1. The fourth-order valence-corrected chi connectivity index (χ4v) is 4.22. The minimum Gasteiger partial charge on any atom is -0.489 e. The maximum Gasteiger partial charge on any atom is 0.257 e. The monoisotopic (exact) mass is 527 g/mol. The molecule has 37 heavy (non-hydrogen) atoms. The molecule has 0 bridgehead atoms. The predicted molar refractivity (Wildman–Crippen MR) is 150 cm³/mol. The molecule has 1 aromatic heterocycles. The topological polar surface area (TPSA) is 76.4 Å². The second-order valence-corrected chi connectivity index (χ2v) is 9.21. The van der Waals surface area contributed by atoms with Crippen molar-refractivity contribution >= 4 is 51.6 Å². The van der Waals surface area contributed by atoms with E-state index in [1.165, 1.54) is 0 Å². The normalized spacial score (nSPS) is 10.8. The number of benzene rings is 4. The van der Waals surface area contributed by atoms with E-state index in [-0.39, 0.29) is 11.0 Å². The molecule has 6 nitrogen and oxygen atoms in total. The molecule has 0 aliphatic carbocycles. The van der Waals surface area contributed by atoms with E-state index in [2.05, 4.69) is 15.6 Å². The van der Waals surface area contributed by atoms with Crippen molar-refractivity contribution < 1.29 is 13.9 Å². The van der Waals surface area contributed by atoms with Crippen molar-refractivity contribution in [3.8, 4) is 17.2 Å². The number of halogens is 1. The fraction of sp³-hybridized carbons (Fsp3) is 0.0690. The Balaban J connectivity index is 1.20. The van der Waals surface area contributed by atoms with Gasteiger partial charge in [-0.05, 0) is 84.9 Å². The van der Waals surface area contributed by atoms with E-state index in [9.17, 15) is 4.79 Å². The summed E-state index contributed by atoms with van der Waals surface area (Å²) < 4.78 is 11.6. The molecule has 5 aromatic rings. The smallest absolute Gasteiger partial charge is 0.257 e. The summed E-state index contributed by atoms with van der Waals surface area (Å²) in [5.41, 5.74) is 5.22. The number of rotatable bonds is 6. The Morgan fingerprint density at radius 2 is 1.78 bits per heavy atom. The Hall–Kier alpha value is -4.20. The van der Waals surface area contributed by atoms with Crippen LogP contribution < -0.4 is 15.4 Å². The van der Waals surface area contributed by atoms with Gasteiger partial charge in [-0.2, -0.15) is 0 Å². The Labute approximate surface area is 224 Å². The molecule has 0 fully saturated rings. The second kappa shape index (κ2) is 10.8. The van der Waals surface area contributed by atoms with Gasteiger partial charge >= 0.3 is 0 Å². The number of hydrogen-bond acceptors (Lipinski definition) is 5. The summed E-state index contributed by atoms with van der Waals surface area (Å²) in [7, 11) is 0. The van der Waals surface area contributed by atoms with Gasteiger partial charge in [-0.25, -0.2) is 4.98 Å². The molecule has 0 spiro atoms. The predicted octanol–water partition coefficient (Wildman–Crippen LogP) is 7.16. The van der Waals surface area contributed by atoms with E-state index in [0.717, 1.165) is 16.7 Å². The average molecular weight is 528 g/mol. The number of carbonyl (C=O) groups is 1. The van der Waals surface area contributed by atoms with Crippen LogP contribution in [0.25, 0.3) is 22.6 Å². The fourth-order valence-electron chi connectivity index (χ4n) is 3.70. The van der Waals surface area contributed by atoms with Crippen LogP contribution in [0.4, 0.5) is 5.69 Å². The molecule has 0 unspecified atom stereocenters. The quantitative estimate of drug-likeness (QED) is 0.228. The molecule has 0 saturated heterocycles. The van der Waals surface area contributed by atoms with E-state index in [0.29, 0.717) is 45.6 Å². The molecular weight excluding hydrogens is 506 g/mol. The lowest BCUT2D eigenvalue weighted by Crippen LogP contribution is -2.34. The van der Waals surface area contributed by atoms with Crippen LogP contribution in [0, 0.1) is 6.92 Å². The Morgan fingerprint density at radius 1 is 1.00 bits per heavy atom. The highest BCUT2D eigenvalue weighted by molar-refractivity contribution is 7.80. The summed E-state index contributed by atoms with van der Waals surface area (Å²) in [5, 5.41) is 6.45. The summed E-state index contributed by atoms with van der Waals surface area (Å²) in [4.78, 5) is 17.2. The molecule has 184 valence electrons. The van der Waals surface area contributed by atoms with Gasteiger partial charge in [0.25, 0.3) is 5.91 Å². The van der Waals surface area contributed by atoms with Crippen molar-refractivity contribution in [3.05, 3.63) is 113 Å². The first-order valence-electron chi connectivity index (χ1n) is 11.5. The number of amides is 1. The lowest BCUT2D eigenvalue weighted by atomic mass is 10.1. The molecule has 1 heterocycles. The molecule has 0 aliphatic heterocycles. The van der Waals surface area contributed by atoms with Crippen LogP contribution in [0.2, 0.25) is 5.02 Å². The number of nitrogens with one attached hydrogen (secondary N) is 2. The first kappa shape index (κ1) is 24.5. The molecular formula is C29H22ClN3O3S. The van der Waals surface area contributed by atoms with Gasteiger partial charge in [0.05, 0.1) is 10.6 Å². The average Bonchev–Trinajstić information content (AvgIpc) is 3.31. The van der Waals surface area contributed by atoms with Crippen molar-refractivity contribution in [2.45, 2.75) is 13.5 Å². The number of oxazole rings is 1. The maximum absolute atomic E-state index is 12.6. The summed E-state index contributed by atoms with van der Waals surface area (Å²) >= 11 is 11.7. The van der Waals surface area contributed by atoms with Crippen molar-refractivity contribution in [1.82, 2.24) is 10.3 Å². The lowest BCUT2D eigenvalue weighted by molar-refractivity contribution is 0.0977. The number of fused-ring (bicyclic) bond motifs is 1. The summed E-state index contributed by atoms with van der Waals surface area (Å²) in [6, 6.07) is 27.9. The highest BCUT2D eigenvalue weighted by Crippen LogP contribution is 2.31. The maximum atomic E-state index is 12.6. The van der Waals surface area contributed by atoms with Crippen LogP contribution in [0.15, 0.2) is 95.4 Å². The van der Waals surface area contributed by atoms with E-state index in [1.807, 2.05) is 55.5 Å². The Morgan fingerprint density at radius 3 is 2.54 bits per heavy atom. The third-order valence-electron chi connectivity index (χ3n) is 5.59. The molecule has 2 N–H and O–H groups in total. The first-order valence-corrected chi connectivity index (χ1v) is 12.3. The number of ether oxygens (including phenoxy) is 1. The van der Waals surface area contributed by atoms with E-state index < -0.39 is 0 Å². The van der Waals surface area contributed by atoms with Crippen LogP contribution in [-0.4, -0.2) is 16.0 Å². The number of anilines is 1. The van der Waals surface area contributed by atoms with Crippen LogP contribution in [0.5, 0.6) is 5.75 Å². The molecule has 0 atom stereocenters. The summed E-state index contributed by atoms with van der Waals surface area (Å²) in [6.07, 6.45) is 0. The van der Waals surface area contributed by atoms with Gasteiger partial charge in [-0.3, -0.25) is 10.1 Å². The zero-order chi connectivity index (χ0) is 25.8. The van der Waals surface area contributed by atoms with Gasteiger partial charge in [0.1, 0.15) is 17.9 Å². The zero-order valence-corrected chi connectivity index (χ0v) is 21.4. The van der Waals surface area contributed by atoms with Crippen molar-refractivity contribution in [3.63, 3.8) is 0 Å². The van der Waals surface area contributed by atoms with Gasteiger partial charge in [0, 0.05) is 11.3 Å². The number of thiocarbonyl (C=S) groups is 1. The zero-order valence-electron chi connectivity index (χ0n) is 19.8. The molecule has 1 amide bonds. The molecule has 5 rings (SSSR count). The Bertz CT molecular complexity index is 1580. The number of nitrogens with zero attached hydrogens (tertiary/aromatic N) is 1. The summed E-state index contributed by atoms with van der Waals surface area (Å²) in [6.45, 7) is 2.42. The molecule has 4 aromatic carbocycles. The van der Waals surface area contributed by atoms with E-state index >= 15 is 0 Å². The summed E-state index contributed by atoms with van der Waals surface area (Å²) in [5.74, 6) is 0.781. The van der Waals surface area contributed by atoms with Crippen LogP contribution in [0.3, 0.4) is 0 Å². The molecule has 8 heteroatoms. The third kappa shape index (κ3) is 5.97. The van der Waals surface area contributed by atoms with Crippen LogP contribution in [0.1, 0.15) is 21.5 Å². The van der Waals surface area contributed by atoms with Crippen molar-refractivity contribution in [2.75, 3.05) is 5.32 Å². The van der Waals surface area contributed by atoms with Gasteiger partial charge < -0.3 is 14.5 Å². The van der Waals surface area contributed by atoms with Gasteiger partial charge in [0.15, 0.2) is 10.7 Å². The van der Waals surface area contributed by atoms with Crippen LogP contribution >= 0.6 is 23.8 Å². The van der Waals surface area contributed by atoms with Crippen molar-refractivity contribution in [1.29, 1.82) is 0 Å². The largest absolute Gasteiger partial charge is 0.489 e.